The molecule has 1 saturated heterocycles. The molecule has 104 valence electrons. The highest BCUT2D eigenvalue weighted by molar-refractivity contribution is 5.78. The van der Waals surface area contributed by atoms with Crippen LogP contribution in [-0.4, -0.2) is 42.9 Å². The first kappa shape index (κ1) is 14.1. The summed E-state index contributed by atoms with van der Waals surface area (Å²) in [4.78, 5) is 16.1. The zero-order valence-electron chi connectivity index (χ0n) is 12.2. The third-order valence-corrected chi connectivity index (χ3v) is 3.77. The van der Waals surface area contributed by atoms with E-state index in [1.165, 1.54) is 5.69 Å². The summed E-state index contributed by atoms with van der Waals surface area (Å²) < 4.78 is 0. The second kappa shape index (κ2) is 6.20. The van der Waals surface area contributed by atoms with E-state index < -0.39 is 0 Å². The highest BCUT2D eigenvalue weighted by Gasteiger charge is 2.18. The fraction of sp³-hybridized carbons (Fsp3) is 0.562. The molecule has 1 aliphatic heterocycles. The second-order valence-corrected chi connectivity index (χ2v) is 5.67. The molecule has 0 amide bonds. The Morgan fingerprint density at radius 2 is 1.89 bits per heavy atom. The van der Waals surface area contributed by atoms with Crippen molar-refractivity contribution in [2.45, 2.75) is 33.2 Å². The summed E-state index contributed by atoms with van der Waals surface area (Å²) >= 11 is 0. The second-order valence-electron chi connectivity index (χ2n) is 5.67. The van der Waals surface area contributed by atoms with Crippen LogP contribution in [0.2, 0.25) is 0 Å². The number of anilines is 1. The average Bonchev–Trinajstić information content (AvgIpc) is 2.38. The van der Waals surface area contributed by atoms with Crippen molar-refractivity contribution in [2.75, 3.05) is 31.1 Å². The molecule has 1 aliphatic rings. The quantitative estimate of drug-likeness (QED) is 0.830. The number of rotatable bonds is 4. The molecule has 2 rings (SSSR count). The number of Topliss-reactive ketones (excluding diaryl/α,β-unsaturated/α-hetero) is 1. The van der Waals surface area contributed by atoms with Crippen LogP contribution in [0.4, 0.5) is 5.69 Å². The van der Waals surface area contributed by atoms with Crippen LogP contribution in [0.25, 0.3) is 0 Å². The van der Waals surface area contributed by atoms with Crippen molar-refractivity contribution >= 4 is 11.5 Å². The summed E-state index contributed by atoms with van der Waals surface area (Å²) in [6.45, 7) is 10.5. The zero-order chi connectivity index (χ0) is 13.8. The van der Waals surface area contributed by atoms with Gasteiger partial charge < -0.3 is 4.90 Å². The Hall–Kier alpha value is -1.35. The summed E-state index contributed by atoms with van der Waals surface area (Å²) in [6, 6.07) is 9.03. The Balaban J connectivity index is 2.01. The van der Waals surface area contributed by atoms with Gasteiger partial charge in [-0.1, -0.05) is 12.1 Å². The third kappa shape index (κ3) is 3.80. The van der Waals surface area contributed by atoms with Gasteiger partial charge in [-0.25, -0.2) is 0 Å². The van der Waals surface area contributed by atoms with Crippen LogP contribution in [0.5, 0.6) is 0 Å². The van der Waals surface area contributed by atoms with Gasteiger partial charge >= 0.3 is 0 Å². The Labute approximate surface area is 116 Å². The number of hydrogen-bond acceptors (Lipinski definition) is 3. The number of carbonyl (C=O) groups excluding carboxylic acids is 1. The van der Waals surface area contributed by atoms with Crippen molar-refractivity contribution in [1.29, 1.82) is 0 Å². The number of benzene rings is 1. The first-order chi connectivity index (χ1) is 9.06. The monoisotopic (exact) mass is 260 g/mol. The van der Waals surface area contributed by atoms with E-state index in [0.29, 0.717) is 12.5 Å². The number of carbonyl (C=O) groups is 1. The Morgan fingerprint density at radius 3 is 2.47 bits per heavy atom. The van der Waals surface area contributed by atoms with E-state index in [0.717, 1.165) is 31.7 Å². The van der Waals surface area contributed by atoms with E-state index in [2.05, 4.69) is 41.8 Å². The molecule has 0 radical (unpaired) electrons. The summed E-state index contributed by atoms with van der Waals surface area (Å²) in [7, 11) is 0. The molecular weight excluding hydrogens is 236 g/mol. The molecule has 0 atom stereocenters. The maximum atomic E-state index is 11.2. The molecule has 0 saturated carbocycles. The zero-order valence-corrected chi connectivity index (χ0v) is 12.2. The van der Waals surface area contributed by atoms with E-state index in [9.17, 15) is 4.79 Å². The van der Waals surface area contributed by atoms with Crippen LogP contribution in [0.15, 0.2) is 24.3 Å². The number of ketones is 1. The van der Waals surface area contributed by atoms with Gasteiger partial charge in [-0.2, -0.15) is 0 Å². The van der Waals surface area contributed by atoms with Gasteiger partial charge in [0.2, 0.25) is 0 Å². The van der Waals surface area contributed by atoms with Crippen molar-refractivity contribution < 1.29 is 4.79 Å². The molecular formula is C16H24N2O. The van der Waals surface area contributed by atoms with Gasteiger partial charge in [-0.15, -0.1) is 0 Å². The van der Waals surface area contributed by atoms with Gasteiger partial charge in [0, 0.05) is 44.3 Å². The molecule has 0 bridgehead atoms. The molecule has 0 aliphatic carbocycles. The minimum absolute atomic E-state index is 0.224. The molecule has 0 spiro atoms. The van der Waals surface area contributed by atoms with Gasteiger partial charge in [-0.05, 0) is 38.5 Å². The molecule has 1 fully saturated rings. The summed E-state index contributed by atoms with van der Waals surface area (Å²) in [5.74, 6) is 0.224. The van der Waals surface area contributed by atoms with Crippen molar-refractivity contribution in [3.63, 3.8) is 0 Å². The van der Waals surface area contributed by atoms with E-state index >= 15 is 0 Å². The fourth-order valence-corrected chi connectivity index (χ4v) is 2.65. The van der Waals surface area contributed by atoms with E-state index in [1.54, 1.807) is 6.92 Å². The molecule has 0 unspecified atom stereocenters. The fourth-order valence-electron chi connectivity index (χ4n) is 2.65. The molecule has 1 aromatic carbocycles. The lowest BCUT2D eigenvalue weighted by molar-refractivity contribution is -0.116. The van der Waals surface area contributed by atoms with E-state index in [-0.39, 0.29) is 5.78 Å². The van der Waals surface area contributed by atoms with E-state index in [1.807, 2.05) is 6.07 Å². The maximum Gasteiger partial charge on any atom is 0.134 e. The molecule has 1 heterocycles. The summed E-state index contributed by atoms with van der Waals surface area (Å²) in [6.07, 6.45) is 0.541. The lowest BCUT2D eigenvalue weighted by atomic mass is 10.1. The molecule has 19 heavy (non-hydrogen) atoms. The molecule has 3 nitrogen and oxygen atoms in total. The van der Waals surface area contributed by atoms with Gasteiger partial charge in [0.05, 0.1) is 0 Å². The molecule has 0 N–H and O–H groups in total. The smallest absolute Gasteiger partial charge is 0.134 e. The minimum atomic E-state index is 0.224. The van der Waals surface area contributed by atoms with Crippen LogP contribution >= 0.6 is 0 Å². The van der Waals surface area contributed by atoms with Crippen LogP contribution in [-0.2, 0) is 11.2 Å². The normalized spacial score (nSPS) is 16.9. The van der Waals surface area contributed by atoms with Crippen LogP contribution in [0.1, 0.15) is 26.3 Å². The average molecular weight is 260 g/mol. The SMILES string of the molecule is CC(=O)Cc1cccc(N2CCN(C(C)C)CC2)c1. The third-order valence-electron chi connectivity index (χ3n) is 3.77. The number of hydrogen-bond donors (Lipinski definition) is 0. The predicted molar refractivity (Wildman–Crippen MR) is 79.7 cm³/mol. The first-order valence-electron chi connectivity index (χ1n) is 7.13. The van der Waals surface area contributed by atoms with Crippen LogP contribution < -0.4 is 4.90 Å². The lowest BCUT2D eigenvalue weighted by Crippen LogP contribution is -2.48. The standard InChI is InChI=1S/C16H24N2O/c1-13(2)17-7-9-18(10-8-17)16-6-4-5-15(12-16)11-14(3)19/h4-6,12-13H,7-11H2,1-3H3. The molecule has 3 heteroatoms. The van der Waals surface area contributed by atoms with Crippen molar-refractivity contribution in [1.82, 2.24) is 4.90 Å². The Kier molecular flexibility index (Phi) is 4.59. The Bertz CT molecular complexity index is 434. The molecule has 1 aromatic rings. The van der Waals surface area contributed by atoms with Crippen LogP contribution in [0.3, 0.4) is 0 Å². The Morgan fingerprint density at radius 1 is 1.21 bits per heavy atom. The van der Waals surface area contributed by atoms with E-state index in [4.69, 9.17) is 0 Å². The summed E-state index contributed by atoms with van der Waals surface area (Å²) in [5, 5.41) is 0. The van der Waals surface area contributed by atoms with Crippen molar-refractivity contribution in [3.05, 3.63) is 29.8 Å². The summed E-state index contributed by atoms with van der Waals surface area (Å²) in [5.41, 5.74) is 2.37. The minimum Gasteiger partial charge on any atom is -0.369 e. The first-order valence-corrected chi connectivity index (χ1v) is 7.13. The van der Waals surface area contributed by atoms with Crippen molar-refractivity contribution in [3.8, 4) is 0 Å². The molecule has 0 aromatic heterocycles. The largest absolute Gasteiger partial charge is 0.369 e. The maximum absolute atomic E-state index is 11.2. The lowest BCUT2D eigenvalue weighted by Gasteiger charge is -2.38. The highest BCUT2D eigenvalue weighted by atomic mass is 16.1. The predicted octanol–water partition coefficient (Wildman–Crippen LogP) is 2.35. The topological polar surface area (TPSA) is 23.6 Å². The number of nitrogens with zero attached hydrogens (tertiary/aromatic N) is 2. The van der Waals surface area contributed by atoms with Gasteiger partial charge in [0.25, 0.3) is 0 Å². The number of piperazine rings is 1. The highest BCUT2D eigenvalue weighted by Crippen LogP contribution is 2.19. The van der Waals surface area contributed by atoms with Gasteiger partial charge in [-0.3, -0.25) is 9.69 Å². The van der Waals surface area contributed by atoms with Crippen molar-refractivity contribution in [2.24, 2.45) is 0 Å². The van der Waals surface area contributed by atoms with Gasteiger partial charge in [0.1, 0.15) is 5.78 Å². The van der Waals surface area contributed by atoms with Gasteiger partial charge in [0.15, 0.2) is 0 Å². The van der Waals surface area contributed by atoms with Crippen LogP contribution in [0, 0.1) is 0 Å².